The summed E-state index contributed by atoms with van der Waals surface area (Å²) in [6.07, 6.45) is 2.86. The number of hydrogen-bond acceptors (Lipinski definition) is 4. The van der Waals surface area contributed by atoms with Gasteiger partial charge < -0.3 is 11.1 Å². The maximum Gasteiger partial charge on any atom is 0.225 e. The Morgan fingerprint density at radius 3 is 2.17 bits per heavy atom. The highest BCUT2D eigenvalue weighted by Gasteiger charge is 2.39. The molecule has 1 aliphatic rings. The summed E-state index contributed by atoms with van der Waals surface area (Å²) in [5, 5.41) is 12.4. The van der Waals surface area contributed by atoms with Gasteiger partial charge in [-0.1, -0.05) is 13.8 Å². The molecule has 6 nitrogen and oxygen atoms in total. The first-order valence-electron chi connectivity index (χ1n) is 8.03. The summed E-state index contributed by atoms with van der Waals surface area (Å²) in [5.74, 6) is -0.764. The van der Waals surface area contributed by atoms with Crippen molar-refractivity contribution in [3.63, 3.8) is 0 Å². The van der Waals surface area contributed by atoms with Crippen molar-refractivity contribution in [1.82, 2.24) is 10.2 Å². The molecule has 1 saturated heterocycles. The number of rotatable bonds is 5. The van der Waals surface area contributed by atoms with Crippen molar-refractivity contribution < 1.29 is 9.59 Å². The molecule has 0 saturated carbocycles. The van der Waals surface area contributed by atoms with Crippen molar-refractivity contribution in [2.75, 3.05) is 13.1 Å². The van der Waals surface area contributed by atoms with E-state index >= 15 is 0 Å². The monoisotopic (exact) mass is 321 g/mol. The minimum absolute atomic E-state index is 0.0588. The van der Waals surface area contributed by atoms with Crippen LogP contribution in [-0.2, 0) is 9.59 Å². The fraction of sp³-hybridized carbons (Fsp3) is 0.765. The van der Waals surface area contributed by atoms with Crippen LogP contribution in [0, 0.1) is 23.2 Å². The maximum atomic E-state index is 12.1. The minimum atomic E-state index is -0.827. The van der Waals surface area contributed by atoms with E-state index in [4.69, 9.17) is 5.73 Å². The van der Waals surface area contributed by atoms with E-state index in [1.165, 1.54) is 6.42 Å². The van der Waals surface area contributed by atoms with E-state index < -0.39 is 16.9 Å². The number of piperidine rings is 1. The average Bonchev–Trinajstić information content (AvgIpc) is 2.44. The third kappa shape index (κ3) is 5.21. The molecule has 1 rings (SSSR count). The molecule has 0 aromatic carbocycles. The number of carbonyl (C=O) groups is 2. The van der Waals surface area contributed by atoms with E-state index in [9.17, 15) is 14.9 Å². The van der Waals surface area contributed by atoms with Crippen molar-refractivity contribution in [3.05, 3.63) is 6.42 Å². The summed E-state index contributed by atoms with van der Waals surface area (Å²) in [4.78, 5) is 25.7. The van der Waals surface area contributed by atoms with E-state index in [0.29, 0.717) is 12.8 Å². The maximum absolute atomic E-state index is 12.1. The molecule has 129 valence electrons. The number of hydrogen-bond donors (Lipinski definition) is 2. The summed E-state index contributed by atoms with van der Waals surface area (Å²) < 4.78 is 0. The highest BCUT2D eigenvalue weighted by Crippen LogP contribution is 2.27. The van der Waals surface area contributed by atoms with E-state index in [0.717, 1.165) is 13.1 Å². The van der Waals surface area contributed by atoms with Crippen LogP contribution in [0.25, 0.3) is 0 Å². The molecule has 1 radical (unpaired) electrons. The molecular formula is C17H29N4O2. The van der Waals surface area contributed by atoms with Gasteiger partial charge in [0.2, 0.25) is 11.8 Å². The molecule has 0 bridgehead atoms. The zero-order valence-corrected chi connectivity index (χ0v) is 14.9. The molecule has 2 amide bonds. The number of nitrogens with one attached hydrogen (secondary N) is 1. The molecule has 0 aromatic rings. The van der Waals surface area contributed by atoms with E-state index in [1.54, 1.807) is 13.8 Å². The van der Waals surface area contributed by atoms with Crippen LogP contribution >= 0.6 is 0 Å². The van der Waals surface area contributed by atoms with Crippen LogP contribution in [0.3, 0.4) is 0 Å². The first kappa shape index (κ1) is 19.4. The van der Waals surface area contributed by atoms with Gasteiger partial charge in [0.1, 0.15) is 5.54 Å². The third-order valence-corrected chi connectivity index (χ3v) is 4.61. The molecular weight excluding hydrogens is 292 g/mol. The first-order valence-corrected chi connectivity index (χ1v) is 8.03. The lowest BCUT2D eigenvalue weighted by molar-refractivity contribution is -0.126. The van der Waals surface area contributed by atoms with Crippen LogP contribution in [0.1, 0.15) is 53.9 Å². The Morgan fingerprint density at radius 1 is 1.26 bits per heavy atom. The Bertz CT molecular complexity index is 492. The molecule has 0 unspecified atom stereocenters. The summed E-state index contributed by atoms with van der Waals surface area (Å²) in [7, 11) is 0. The number of primary amides is 1. The summed E-state index contributed by atoms with van der Waals surface area (Å²) in [5.41, 5.74) is 3.76. The van der Waals surface area contributed by atoms with E-state index in [2.05, 4.69) is 37.1 Å². The Balaban J connectivity index is 2.59. The molecule has 0 spiro atoms. The molecule has 0 aromatic heterocycles. The molecule has 0 atom stereocenters. The summed E-state index contributed by atoms with van der Waals surface area (Å²) >= 11 is 0. The molecule has 1 aliphatic heterocycles. The van der Waals surface area contributed by atoms with Crippen LogP contribution in [0.2, 0.25) is 0 Å². The zero-order chi connectivity index (χ0) is 17.9. The van der Waals surface area contributed by atoms with Crippen LogP contribution < -0.4 is 11.1 Å². The number of nitrogens with two attached hydrogens (primary N) is 1. The van der Waals surface area contributed by atoms with Gasteiger partial charge in [-0.05, 0) is 40.0 Å². The predicted octanol–water partition coefficient (Wildman–Crippen LogP) is 1.37. The summed E-state index contributed by atoms with van der Waals surface area (Å²) in [6.45, 7) is 11.4. The van der Waals surface area contributed by atoms with Crippen LogP contribution in [0.5, 0.6) is 0 Å². The molecule has 1 heterocycles. The Morgan fingerprint density at radius 2 is 1.78 bits per heavy atom. The zero-order valence-electron chi connectivity index (χ0n) is 14.9. The van der Waals surface area contributed by atoms with Gasteiger partial charge in [-0.15, -0.1) is 0 Å². The van der Waals surface area contributed by atoms with E-state index in [1.807, 2.05) is 0 Å². The van der Waals surface area contributed by atoms with Gasteiger partial charge in [-0.25, -0.2) is 0 Å². The quantitative estimate of drug-likeness (QED) is 0.798. The van der Waals surface area contributed by atoms with E-state index in [-0.39, 0.29) is 17.9 Å². The summed E-state index contributed by atoms with van der Waals surface area (Å²) in [6, 6.07) is 2.27. The van der Waals surface area contributed by atoms with Gasteiger partial charge in [0.05, 0.1) is 12.5 Å². The standard InChI is InChI=1S/C17H29N4O2/c1-15(2,3)21-10-8-17(12-18,9-11-21)20-13(22)6-7-16(4,5)14(19)23/h6H,7-11H2,1-5H3,(H2,19,23)(H,20,22). The highest BCUT2D eigenvalue weighted by molar-refractivity contribution is 5.87. The number of carbonyl (C=O) groups excluding carboxylic acids is 2. The lowest BCUT2D eigenvalue weighted by Gasteiger charge is -2.44. The van der Waals surface area contributed by atoms with Gasteiger partial charge in [0.15, 0.2) is 0 Å². The Labute approximate surface area is 139 Å². The second kappa shape index (κ2) is 6.88. The van der Waals surface area contributed by atoms with Crippen molar-refractivity contribution in [2.24, 2.45) is 11.1 Å². The van der Waals surface area contributed by atoms with Gasteiger partial charge in [0, 0.05) is 24.0 Å². The minimum Gasteiger partial charge on any atom is -0.369 e. The lowest BCUT2D eigenvalue weighted by atomic mass is 9.85. The third-order valence-electron chi connectivity index (χ3n) is 4.61. The molecule has 3 N–H and O–H groups in total. The molecule has 0 aliphatic carbocycles. The first-order chi connectivity index (χ1) is 10.4. The SMILES string of the molecule is CC(C)(C[CH]C(=O)NC1(C#N)CCN(C(C)(C)C)CC1)C(N)=O. The molecule has 1 fully saturated rings. The lowest BCUT2D eigenvalue weighted by Crippen LogP contribution is -2.57. The Kier molecular flexibility index (Phi) is 5.81. The second-order valence-corrected chi connectivity index (χ2v) is 8.00. The predicted molar refractivity (Wildman–Crippen MR) is 88.9 cm³/mol. The molecule has 23 heavy (non-hydrogen) atoms. The number of likely N-dealkylation sites (tertiary alicyclic amines) is 1. The van der Waals surface area contributed by atoms with Gasteiger partial charge in [-0.2, -0.15) is 5.26 Å². The number of amides is 2. The van der Waals surface area contributed by atoms with Gasteiger partial charge >= 0.3 is 0 Å². The molecule has 6 heteroatoms. The highest BCUT2D eigenvalue weighted by atomic mass is 16.2. The van der Waals surface area contributed by atoms with Crippen molar-refractivity contribution in [1.29, 1.82) is 5.26 Å². The van der Waals surface area contributed by atoms with Gasteiger partial charge in [-0.3, -0.25) is 14.5 Å². The topological polar surface area (TPSA) is 99.2 Å². The van der Waals surface area contributed by atoms with Crippen molar-refractivity contribution in [2.45, 2.75) is 65.0 Å². The normalized spacial score (nSPS) is 19.0. The van der Waals surface area contributed by atoms with Crippen molar-refractivity contribution >= 4 is 11.8 Å². The number of nitriles is 1. The fourth-order valence-corrected chi connectivity index (χ4v) is 2.56. The van der Waals surface area contributed by atoms with Crippen LogP contribution in [0.4, 0.5) is 0 Å². The second-order valence-electron chi connectivity index (χ2n) is 8.00. The average molecular weight is 321 g/mol. The largest absolute Gasteiger partial charge is 0.369 e. The van der Waals surface area contributed by atoms with Gasteiger partial charge in [0.25, 0.3) is 0 Å². The smallest absolute Gasteiger partial charge is 0.225 e. The number of nitrogens with zero attached hydrogens (tertiary/aromatic N) is 2. The van der Waals surface area contributed by atoms with Crippen LogP contribution in [-0.4, -0.2) is 40.9 Å². The fourth-order valence-electron chi connectivity index (χ4n) is 2.56. The van der Waals surface area contributed by atoms with Crippen molar-refractivity contribution in [3.8, 4) is 6.07 Å². The Hall–Kier alpha value is -1.61. The van der Waals surface area contributed by atoms with Crippen LogP contribution in [0.15, 0.2) is 0 Å².